The number of benzene rings is 2. The zero-order valence-corrected chi connectivity index (χ0v) is 11.0. The fourth-order valence-corrected chi connectivity index (χ4v) is 1.60. The van der Waals surface area contributed by atoms with Crippen LogP contribution in [0.25, 0.3) is 0 Å². The van der Waals surface area contributed by atoms with Crippen molar-refractivity contribution in [3.8, 4) is 11.5 Å². The van der Waals surface area contributed by atoms with Crippen molar-refractivity contribution in [2.24, 2.45) is 0 Å². The molecule has 0 bridgehead atoms. The molecule has 2 aromatic rings. The third-order valence-electron chi connectivity index (χ3n) is 2.33. The Morgan fingerprint density at radius 3 is 2.29 bits per heavy atom. The maximum Gasteiger partial charge on any atom is 0.519 e. The second-order valence-corrected chi connectivity index (χ2v) is 4.19. The summed E-state index contributed by atoms with van der Waals surface area (Å²) in [6, 6.07) is 8.18. The summed E-state index contributed by atoms with van der Waals surface area (Å²) in [5.74, 6) is -0.507. The molecule has 0 fully saturated rings. The van der Waals surface area contributed by atoms with Gasteiger partial charge in [-0.1, -0.05) is 11.6 Å². The van der Waals surface area contributed by atoms with Crippen molar-refractivity contribution in [3.63, 3.8) is 0 Å². The second kappa shape index (κ2) is 6.19. The minimum Gasteiger partial charge on any atom is -0.395 e. The highest BCUT2D eigenvalue weighted by Crippen LogP contribution is 2.28. The molecule has 108 valence electrons. The lowest BCUT2D eigenvalue weighted by Crippen LogP contribution is -2.13. The van der Waals surface area contributed by atoms with Crippen molar-refractivity contribution in [2.45, 2.75) is 0 Å². The van der Waals surface area contributed by atoms with E-state index in [1.165, 1.54) is 24.3 Å². The van der Waals surface area contributed by atoms with Crippen molar-refractivity contribution >= 4 is 23.4 Å². The van der Waals surface area contributed by atoms with Gasteiger partial charge in [-0.05, 0) is 36.4 Å². The van der Waals surface area contributed by atoms with Crippen LogP contribution in [0.15, 0.2) is 42.5 Å². The first-order chi connectivity index (χ1) is 9.95. The number of carbonyl (C=O) groups excluding carboxylic acids is 1. The van der Waals surface area contributed by atoms with Crippen molar-refractivity contribution < 1.29 is 23.6 Å². The highest BCUT2D eigenvalue weighted by molar-refractivity contribution is 6.32. The maximum atomic E-state index is 12.7. The molecule has 0 radical (unpaired) electrons. The van der Waals surface area contributed by atoms with Crippen LogP contribution in [0.2, 0.25) is 5.02 Å². The first-order valence-electron chi connectivity index (χ1n) is 5.55. The Kier molecular flexibility index (Phi) is 4.34. The highest BCUT2D eigenvalue weighted by Gasteiger charge is 2.16. The van der Waals surface area contributed by atoms with Gasteiger partial charge in [-0.3, -0.25) is 10.1 Å². The third kappa shape index (κ3) is 3.90. The van der Waals surface area contributed by atoms with E-state index in [0.717, 1.165) is 18.2 Å². The van der Waals surface area contributed by atoms with Gasteiger partial charge in [0.15, 0.2) is 0 Å². The number of hydrogen-bond donors (Lipinski definition) is 0. The topological polar surface area (TPSA) is 78.7 Å². The summed E-state index contributed by atoms with van der Waals surface area (Å²) in [4.78, 5) is 21.5. The number of nitrogens with zero attached hydrogens (tertiary/aromatic N) is 1. The fraction of sp³-hybridized carbons (Fsp3) is 0. The number of halogens is 2. The van der Waals surface area contributed by atoms with Gasteiger partial charge < -0.3 is 9.47 Å². The smallest absolute Gasteiger partial charge is 0.395 e. The van der Waals surface area contributed by atoms with Crippen LogP contribution < -0.4 is 9.47 Å². The van der Waals surface area contributed by atoms with Crippen LogP contribution >= 0.6 is 11.6 Å². The van der Waals surface area contributed by atoms with Gasteiger partial charge in [0.05, 0.1) is 11.0 Å². The molecule has 0 aromatic heterocycles. The quantitative estimate of drug-likeness (QED) is 0.371. The van der Waals surface area contributed by atoms with E-state index in [2.05, 4.69) is 0 Å². The zero-order chi connectivity index (χ0) is 15.4. The van der Waals surface area contributed by atoms with E-state index in [1.54, 1.807) is 0 Å². The Labute approximate surface area is 122 Å². The average molecular weight is 312 g/mol. The van der Waals surface area contributed by atoms with Gasteiger partial charge in [0.25, 0.3) is 5.69 Å². The predicted octanol–water partition coefficient (Wildman–Crippen LogP) is 3.97. The molecule has 0 aliphatic rings. The van der Waals surface area contributed by atoms with Gasteiger partial charge in [-0.15, -0.1) is 0 Å². The second-order valence-electron chi connectivity index (χ2n) is 3.78. The van der Waals surface area contributed by atoms with Crippen LogP contribution in [0.4, 0.5) is 14.9 Å². The Morgan fingerprint density at radius 2 is 1.67 bits per heavy atom. The van der Waals surface area contributed by atoms with Gasteiger partial charge >= 0.3 is 6.16 Å². The largest absolute Gasteiger partial charge is 0.519 e. The number of hydrogen-bond acceptors (Lipinski definition) is 5. The molecule has 2 aromatic carbocycles. The summed E-state index contributed by atoms with van der Waals surface area (Å²) in [6.45, 7) is 0. The molecule has 21 heavy (non-hydrogen) atoms. The molecule has 0 N–H and O–H groups in total. The molecule has 0 saturated heterocycles. The van der Waals surface area contributed by atoms with E-state index >= 15 is 0 Å². The molecule has 0 amide bonds. The summed E-state index contributed by atoms with van der Waals surface area (Å²) in [5, 5.41) is 10.6. The Balaban J connectivity index is 2.07. The molecule has 0 aliphatic carbocycles. The van der Waals surface area contributed by atoms with Crippen molar-refractivity contribution in [3.05, 3.63) is 63.4 Å². The Hall–Kier alpha value is -2.67. The molecular formula is C13H7ClFNO5. The van der Waals surface area contributed by atoms with Crippen LogP contribution in [-0.4, -0.2) is 11.1 Å². The molecule has 0 spiro atoms. The normalized spacial score (nSPS) is 10.0. The maximum absolute atomic E-state index is 12.7. The van der Waals surface area contributed by atoms with Crippen LogP contribution in [-0.2, 0) is 0 Å². The van der Waals surface area contributed by atoms with Crippen molar-refractivity contribution in [2.75, 3.05) is 0 Å². The first-order valence-corrected chi connectivity index (χ1v) is 5.92. The number of nitro groups is 1. The van der Waals surface area contributed by atoms with E-state index in [1.807, 2.05) is 0 Å². The number of rotatable bonds is 3. The van der Waals surface area contributed by atoms with Crippen molar-refractivity contribution in [1.29, 1.82) is 0 Å². The molecule has 0 unspecified atom stereocenters. The van der Waals surface area contributed by atoms with E-state index in [0.29, 0.717) is 0 Å². The van der Waals surface area contributed by atoms with E-state index in [4.69, 9.17) is 21.1 Å². The van der Waals surface area contributed by atoms with E-state index < -0.39 is 22.6 Å². The van der Waals surface area contributed by atoms with Gasteiger partial charge in [-0.25, -0.2) is 9.18 Å². The third-order valence-corrected chi connectivity index (χ3v) is 2.65. The molecule has 0 heterocycles. The number of ether oxygens (including phenoxy) is 2. The molecule has 0 atom stereocenters. The van der Waals surface area contributed by atoms with E-state index in [9.17, 15) is 19.3 Å². The van der Waals surface area contributed by atoms with Gasteiger partial charge in [0.2, 0.25) is 0 Å². The van der Waals surface area contributed by atoms with Gasteiger partial charge in [0.1, 0.15) is 22.3 Å². The summed E-state index contributed by atoms with van der Waals surface area (Å²) in [7, 11) is 0. The number of nitro benzene ring substituents is 1. The SMILES string of the molecule is O=C(Oc1ccc(F)cc1)Oc1ccc(Cl)c([N+](=O)[O-])c1. The first kappa shape index (κ1) is 14.7. The fourth-order valence-electron chi connectivity index (χ4n) is 1.41. The van der Waals surface area contributed by atoms with Gasteiger partial charge in [-0.2, -0.15) is 0 Å². The molecule has 0 aliphatic heterocycles. The molecule has 6 nitrogen and oxygen atoms in total. The Morgan fingerprint density at radius 1 is 1.10 bits per heavy atom. The van der Waals surface area contributed by atoms with E-state index in [-0.39, 0.29) is 16.5 Å². The predicted molar refractivity (Wildman–Crippen MR) is 71.2 cm³/mol. The Bertz CT molecular complexity index is 689. The van der Waals surface area contributed by atoms with Gasteiger partial charge in [0, 0.05) is 0 Å². The minimum absolute atomic E-state index is 0.0739. The molecule has 8 heteroatoms. The summed E-state index contributed by atoms with van der Waals surface area (Å²) >= 11 is 5.62. The minimum atomic E-state index is -1.11. The van der Waals surface area contributed by atoms with Crippen LogP contribution in [0.1, 0.15) is 0 Å². The summed E-state index contributed by atoms with van der Waals surface area (Å²) < 4.78 is 22.2. The molecule has 2 rings (SSSR count). The lowest BCUT2D eigenvalue weighted by molar-refractivity contribution is -0.384. The average Bonchev–Trinajstić information content (AvgIpc) is 2.43. The summed E-state index contributed by atoms with van der Waals surface area (Å²) in [6.07, 6.45) is -1.11. The van der Waals surface area contributed by atoms with Crippen LogP contribution in [0, 0.1) is 15.9 Å². The standard InChI is InChI=1S/C13H7ClFNO5/c14-11-6-5-10(7-12(11)16(18)19)21-13(17)20-9-3-1-8(15)2-4-9/h1-7H. The highest BCUT2D eigenvalue weighted by atomic mass is 35.5. The molecular weight excluding hydrogens is 305 g/mol. The zero-order valence-electron chi connectivity index (χ0n) is 10.3. The number of carbonyl (C=O) groups is 1. The lowest BCUT2D eigenvalue weighted by Gasteiger charge is -2.05. The summed E-state index contributed by atoms with van der Waals surface area (Å²) in [5.41, 5.74) is -0.399. The monoisotopic (exact) mass is 311 g/mol. The molecule has 0 saturated carbocycles. The lowest BCUT2D eigenvalue weighted by atomic mass is 10.3. The van der Waals surface area contributed by atoms with Crippen LogP contribution in [0.3, 0.4) is 0 Å². The van der Waals surface area contributed by atoms with Crippen LogP contribution in [0.5, 0.6) is 11.5 Å². The van der Waals surface area contributed by atoms with Crippen molar-refractivity contribution in [1.82, 2.24) is 0 Å².